The molecule has 10 heteroatoms. The van der Waals surface area contributed by atoms with Crippen LogP contribution in [0.25, 0.3) is 0 Å². The third kappa shape index (κ3) is 8.60. The molecule has 0 saturated carbocycles. The zero-order valence-corrected chi connectivity index (χ0v) is 26.0. The molecular weight excluding hydrogens is 605 g/mol. The Hall–Kier alpha value is -3.85. The average Bonchev–Trinajstić information content (AvgIpc) is 3.02. The fraction of sp³-hybridized carbons (Fsp3) is 0.212. The van der Waals surface area contributed by atoms with Crippen LogP contribution in [0.4, 0.5) is 5.69 Å². The van der Waals surface area contributed by atoms with Crippen molar-refractivity contribution in [3.63, 3.8) is 0 Å². The van der Waals surface area contributed by atoms with Gasteiger partial charge in [-0.05, 0) is 66.1 Å². The van der Waals surface area contributed by atoms with E-state index in [1.54, 1.807) is 66.7 Å². The molecule has 4 aromatic carbocycles. The van der Waals surface area contributed by atoms with Gasteiger partial charge in [0, 0.05) is 29.6 Å². The van der Waals surface area contributed by atoms with Gasteiger partial charge >= 0.3 is 0 Å². The number of amides is 2. The van der Waals surface area contributed by atoms with E-state index in [4.69, 9.17) is 23.2 Å². The molecule has 0 saturated heterocycles. The van der Waals surface area contributed by atoms with E-state index in [0.717, 1.165) is 15.4 Å². The highest BCUT2D eigenvalue weighted by Crippen LogP contribution is 2.26. The molecule has 1 N–H and O–H groups in total. The van der Waals surface area contributed by atoms with Gasteiger partial charge in [0.2, 0.25) is 11.8 Å². The molecule has 0 fully saturated rings. The van der Waals surface area contributed by atoms with E-state index in [9.17, 15) is 18.0 Å². The maximum absolute atomic E-state index is 14.3. The number of carbonyl (C=O) groups excluding carboxylic acids is 2. The molecule has 0 unspecified atom stereocenters. The minimum atomic E-state index is -4.17. The van der Waals surface area contributed by atoms with E-state index in [1.807, 2.05) is 37.3 Å². The number of carbonyl (C=O) groups is 2. The highest BCUT2D eigenvalue weighted by Gasteiger charge is 2.34. The van der Waals surface area contributed by atoms with Crippen molar-refractivity contribution in [3.05, 3.63) is 130 Å². The van der Waals surface area contributed by atoms with Crippen LogP contribution in [0.5, 0.6) is 0 Å². The SMILES string of the molecule is CCCNC(=O)[C@@H](Cc1ccccc1)N(Cc1ccc(Cl)cc1)C(=O)CN(c1ccc(Cl)cc1)S(=O)(=O)c1ccccc1. The number of rotatable bonds is 13. The molecule has 0 bridgehead atoms. The summed E-state index contributed by atoms with van der Waals surface area (Å²) in [5.74, 6) is -0.867. The van der Waals surface area contributed by atoms with Crippen LogP contribution in [0.1, 0.15) is 24.5 Å². The van der Waals surface area contributed by atoms with Crippen molar-refractivity contribution >= 4 is 50.7 Å². The summed E-state index contributed by atoms with van der Waals surface area (Å²) in [6.07, 6.45) is 0.955. The van der Waals surface area contributed by atoms with E-state index >= 15 is 0 Å². The summed E-state index contributed by atoms with van der Waals surface area (Å²) in [7, 11) is -4.17. The normalized spacial score (nSPS) is 11.9. The summed E-state index contributed by atoms with van der Waals surface area (Å²) >= 11 is 12.2. The molecule has 0 aliphatic rings. The number of nitrogens with zero attached hydrogens (tertiary/aromatic N) is 2. The van der Waals surface area contributed by atoms with Gasteiger partial charge in [0.15, 0.2) is 0 Å². The summed E-state index contributed by atoms with van der Waals surface area (Å²) in [6.45, 7) is 1.90. The van der Waals surface area contributed by atoms with Crippen LogP contribution in [0, 0.1) is 0 Å². The maximum Gasteiger partial charge on any atom is 0.264 e. The van der Waals surface area contributed by atoms with Gasteiger partial charge in [0.1, 0.15) is 12.6 Å². The lowest BCUT2D eigenvalue weighted by molar-refractivity contribution is -0.140. The summed E-state index contributed by atoms with van der Waals surface area (Å²) in [4.78, 5) is 29.5. The van der Waals surface area contributed by atoms with Crippen molar-refractivity contribution < 1.29 is 18.0 Å². The molecule has 43 heavy (non-hydrogen) atoms. The van der Waals surface area contributed by atoms with E-state index in [0.29, 0.717) is 23.0 Å². The second-order valence-corrected chi connectivity index (χ2v) is 12.7. The molecule has 0 heterocycles. The number of anilines is 1. The van der Waals surface area contributed by atoms with Crippen molar-refractivity contribution in [2.24, 2.45) is 0 Å². The van der Waals surface area contributed by atoms with Crippen LogP contribution >= 0.6 is 23.2 Å². The lowest BCUT2D eigenvalue weighted by Crippen LogP contribution is -2.53. The van der Waals surface area contributed by atoms with Crippen LogP contribution in [-0.2, 0) is 32.6 Å². The van der Waals surface area contributed by atoms with Crippen LogP contribution in [0.15, 0.2) is 114 Å². The van der Waals surface area contributed by atoms with Gasteiger partial charge < -0.3 is 10.2 Å². The fourth-order valence-electron chi connectivity index (χ4n) is 4.56. The zero-order chi connectivity index (χ0) is 30.8. The molecule has 0 aliphatic heterocycles. The van der Waals surface area contributed by atoms with Crippen molar-refractivity contribution in [2.45, 2.75) is 37.2 Å². The number of hydrogen-bond donors (Lipinski definition) is 1. The Kier molecular flexibility index (Phi) is 11.2. The lowest BCUT2D eigenvalue weighted by Gasteiger charge is -2.34. The molecule has 4 aromatic rings. The van der Waals surface area contributed by atoms with Crippen LogP contribution < -0.4 is 9.62 Å². The average molecular weight is 639 g/mol. The van der Waals surface area contributed by atoms with Crippen LogP contribution in [0.2, 0.25) is 10.0 Å². The summed E-state index contributed by atoms with van der Waals surface area (Å²) in [6, 6.07) is 29.6. The van der Waals surface area contributed by atoms with Crippen molar-refractivity contribution in [2.75, 3.05) is 17.4 Å². The fourth-order valence-corrected chi connectivity index (χ4v) is 6.25. The molecule has 0 radical (unpaired) electrons. The van der Waals surface area contributed by atoms with Crippen molar-refractivity contribution in [3.8, 4) is 0 Å². The summed E-state index contributed by atoms with van der Waals surface area (Å²) in [5.41, 5.74) is 1.87. The van der Waals surface area contributed by atoms with Gasteiger partial charge in [-0.2, -0.15) is 0 Å². The standard InChI is InChI=1S/C33H33Cl2N3O4S/c1-2-21-36-33(40)31(22-25-9-5-3-6-10-25)37(23-26-13-15-27(34)16-14-26)32(39)24-38(29-19-17-28(35)18-20-29)43(41,42)30-11-7-4-8-12-30/h3-20,31H,2,21-24H2,1H3,(H,36,40)/t31-/m1/s1. The first-order valence-electron chi connectivity index (χ1n) is 13.9. The highest BCUT2D eigenvalue weighted by molar-refractivity contribution is 7.92. The van der Waals surface area contributed by atoms with Crippen LogP contribution in [-0.4, -0.2) is 44.3 Å². The predicted octanol–water partition coefficient (Wildman–Crippen LogP) is 6.36. The lowest BCUT2D eigenvalue weighted by atomic mass is 10.0. The summed E-state index contributed by atoms with van der Waals surface area (Å²) < 4.78 is 28.9. The molecular formula is C33H33Cl2N3O4S. The first-order chi connectivity index (χ1) is 20.7. The first kappa shape index (κ1) is 32.1. The van der Waals surface area contributed by atoms with Crippen molar-refractivity contribution in [1.29, 1.82) is 0 Å². The maximum atomic E-state index is 14.3. The topological polar surface area (TPSA) is 86.8 Å². The molecule has 0 aromatic heterocycles. The second kappa shape index (κ2) is 15.0. The third-order valence-corrected chi connectivity index (χ3v) is 9.10. The Balaban J connectivity index is 1.78. The van der Waals surface area contributed by atoms with E-state index in [2.05, 4.69) is 5.32 Å². The quantitative estimate of drug-likeness (QED) is 0.185. The minimum Gasteiger partial charge on any atom is -0.354 e. The molecule has 0 aliphatic carbocycles. The number of halogens is 2. The van der Waals surface area contributed by atoms with Gasteiger partial charge in [-0.25, -0.2) is 8.42 Å². The van der Waals surface area contributed by atoms with E-state index in [1.165, 1.54) is 17.0 Å². The van der Waals surface area contributed by atoms with Gasteiger partial charge in [-0.1, -0.05) is 90.8 Å². The smallest absolute Gasteiger partial charge is 0.264 e. The molecule has 1 atom stereocenters. The minimum absolute atomic E-state index is 0.0310. The first-order valence-corrected chi connectivity index (χ1v) is 16.1. The molecule has 2 amide bonds. The van der Waals surface area contributed by atoms with E-state index < -0.39 is 28.5 Å². The summed E-state index contributed by atoms with van der Waals surface area (Å²) in [5, 5.41) is 3.89. The second-order valence-electron chi connectivity index (χ2n) is 9.95. The Morgan fingerprint density at radius 1 is 0.767 bits per heavy atom. The molecule has 4 rings (SSSR count). The monoisotopic (exact) mass is 637 g/mol. The zero-order valence-electron chi connectivity index (χ0n) is 23.7. The number of nitrogens with one attached hydrogen (secondary N) is 1. The Bertz CT molecular complexity index is 1600. The number of hydrogen-bond acceptors (Lipinski definition) is 4. The predicted molar refractivity (Wildman–Crippen MR) is 172 cm³/mol. The van der Waals surface area contributed by atoms with Crippen LogP contribution in [0.3, 0.4) is 0 Å². The van der Waals surface area contributed by atoms with Gasteiger partial charge in [-0.3, -0.25) is 13.9 Å². The highest BCUT2D eigenvalue weighted by atomic mass is 35.5. The third-order valence-electron chi connectivity index (χ3n) is 6.81. The Labute approximate surface area is 263 Å². The molecule has 224 valence electrons. The van der Waals surface area contributed by atoms with E-state index in [-0.39, 0.29) is 29.5 Å². The number of sulfonamides is 1. The largest absolute Gasteiger partial charge is 0.354 e. The van der Waals surface area contributed by atoms with Gasteiger partial charge in [0.25, 0.3) is 10.0 Å². The van der Waals surface area contributed by atoms with Gasteiger partial charge in [0.05, 0.1) is 10.6 Å². The van der Waals surface area contributed by atoms with Crippen molar-refractivity contribution in [1.82, 2.24) is 10.2 Å². The molecule has 7 nitrogen and oxygen atoms in total. The Morgan fingerprint density at radius 2 is 1.33 bits per heavy atom. The molecule has 0 spiro atoms. The van der Waals surface area contributed by atoms with Gasteiger partial charge in [-0.15, -0.1) is 0 Å². The Morgan fingerprint density at radius 3 is 1.91 bits per heavy atom. The number of benzene rings is 4.